The van der Waals surface area contributed by atoms with E-state index in [0.717, 1.165) is 11.3 Å². The largest absolute Gasteiger partial charge is 0.480 e. The van der Waals surface area contributed by atoms with Crippen molar-refractivity contribution in [2.45, 2.75) is 26.3 Å². The summed E-state index contributed by atoms with van der Waals surface area (Å²) in [5.41, 5.74) is 1.42. The minimum atomic E-state index is -1.32. The molecule has 2 N–H and O–H groups in total. The summed E-state index contributed by atoms with van der Waals surface area (Å²) in [7, 11) is 0. The van der Waals surface area contributed by atoms with E-state index in [1.807, 2.05) is 16.8 Å². The lowest BCUT2D eigenvalue weighted by Gasteiger charge is -2.21. The molecule has 0 atom stereocenters. The molecule has 2 aromatic rings. The minimum absolute atomic E-state index is 0.378. The van der Waals surface area contributed by atoms with E-state index in [9.17, 15) is 9.59 Å². The van der Waals surface area contributed by atoms with E-state index >= 15 is 0 Å². The molecule has 0 radical (unpaired) electrons. The Morgan fingerprint density at radius 2 is 2.00 bits per heavy atom. The van der Waals surface area contributed by atoms with Gasteiger partial charge in [0, 0.05) is 10.9 Å². The van der Waals surface area contributed by atoms with E-state index < -0.39 is 17.4 Å². The molecule has 0 aliphatic carbocycles. The number of carboxylic acid groups (broad SMARTS) is 1. The standard InChI is InChI=1S/C15H16N2O3S/c1-9-11(13(18)17-15(2,3)14(19)20)4-5-12(16-9)10-6-7-21-8-10/h4-8H,1-3H3,(H,17,18)(H,19,20). The van der Waals surface area contributed by atoms with Crippen molar-refractivity contribution in [1.29, 1.82) is 0 Å². The average Bonchev–Trinajstić information content (AvgIpc) is 2.91. The molecule has 0 spiro atoms. The number of aromatic nitrogens is 1. The summed E-state index contributed by atoms with van der Waals surface area (Å²) >= 11 is 1.58. The molecular formula is C15H16N2O3S. The number of nitrogens with one attached hydrogen (secondary N) is 1. The van der Waals surface area contributed by atoms with E-state index in [2.05, 4.69) is 10.3 Å². The molecule has 0 aliphatic rings. The summed E-state index contributed by atoms with van der Waals surface area (Å²) in [4.78, 5) is 27.6. The zero-order valence-electron chi connectivity index (χ0n) is 12.0. The maximum absolute atomic E-state index is 12.2. The van der Waals surface area contributed by atoms with Crippen LogP contribution in [0.15, 0.2) is 29.0 Å². The Morgan fingerprint density at radius 1 is 1.29 bits per heavy atom. The predicted molar refractivity (Wildman–Crippen MR) is 81.5 cm³/mol. The average molecular weight is 304 g/mol. The third kappa shape index (κ3) is 3.28. The van der Waals surface area contributed by atoms with E-state index in [1.54, 1.807) is 30.4 Å². The van der Waals surface area contributed by atoms with Gasteiger partial charge in [0.1, 0.15) is 5.54 Å². The Balaban J connectivity index is 2.25. The van der Waals surface area contributed by atoms with Crippen LogP contribution in [0, 0.1) is 6.92 Å². The zero-order valence-corrected chi connectivity index (χ0v) is 12.8. The lowest BCUT2D eigenvalue weighted by atomic mass is 10.0. The van der Waals surface area contributed by atoms with Crippen molar-refractivity contribution in [1.82, 2.24) is 10.3 Å². The molecule has 21 heavy (non-hydrogen) atoms. The van der Waals surface area contributed by atoms with Gasteiger partial charge in [0.15, 0.2) is 0 Å². The molecule has 6 heteroatoms. The highest BCUT2D eigenvalue weighted by atomic mass is 32.1. The molecule has 0 saturated carbocycles. The van der Waals surface area contributed by atoms with Gasteiger partial charge in [0.05, 0.1) is 17.0 Å². The summed E-state index contributed by atoms with van der Waals surface area (Å²) < 4.78 is 0. The Kier molecular flexibility index (Phi) is 4.09. The van der Waals surface area contributed by atoms with Crippen molar-refractivity contribution in [2.75, 3.05) is 0 Å². The van der Waals surface area contributed by atoms with Crippen LogP contribution in [0.1, 0.15) is 29.9 Å². The Hall–Kier alpha value is -2.21. The summed E-state index contributed by atoms with van der Waals surface area (Å²) in [5, 5.41) is 15.5. The molecule has 2 heterocycles. The highest BCUT2D eigenvalue weighted by molar-refractivity contribution is 7.08. The van der Waals surface area contributed by atoms with Gasteiger partial charge in [-0.15, -0.1) is 0 Å². The van der Waals surface area contributed by atoms with Crippen LogP contribution < -0.4 is 5.32 Å². The van der Waals surface area contributed by atoms with Gasteiger partial charge in [0.25, 0.3) is 5.91 Å². The number of thiophene rings is 1. The normalized spacial score (nSPS) is 11.2. The van der Waals surface area contributed by atoms with Crippen LogP contribution in [0.2, 0.25) is 0 Å². The quantitative estimate of drug-likeness (QED) is 0.910. The fourth-order valence-electron chi connectivity index (χ4n) is 1.78. The number of nitrogens with zero attached hydrogens (tertiary/aromatic N) is 1. The second kappa shape index (κ2) is 5.65. The molecule has 0 aromatic carbocycles. The number of pyridine rings is 1. The smallest absolute Gasteiger partial charge is 0.328 e. The number of hydrogen-bond donors (Lipinski definition) is 2. The molecule has 1 amide bonds. The number of carboxylic acids is 1. The second-order valence-corrected chi connectivity index (χ2v) is 6.01. The van der Waals surface area contributed by atoms with Gasteiger partial charge in [-0.1, -0.05) is 0 Å². The van der Waals surface area contributed by atoms with E-state index in [1.165, 1.54) is 13.8 Å². The van der Waals surface area contributed by atoms with E-state index in [4.69, 9.17) is 5.11 Å². The lowest BCUT2D eigenvalue weighted by Crippen LogP contribution is -2.49. The van der Waals surface area contributed by atoms with Crippen LogP contribution in [0.3, 0.4) is 0 Å². The number of rotatable bonds is 4. The molecule has 0 unspecified atom stereocenters. The Bertz CT molecular complexity index is 678. The van der Waals surface area contributed by atoms with Crippen LogP contribution in [-0.2, 0) is 4.79 Å². The van der Waals surface area contributed by atoms with Crippen LogP contribution >= 0.6 is 11.3 Å². The van der Waals surface area contributed by atoms with Gasteiger partial charge in [-0.2, -0.15) is 11.3 Å². The highest BCUT2D eigenvalue weighted by Crippen LogP contribution is 2.21. The first-order chi connectivity index (χ1) is 9.81. The number of carbonyl (C=O) groups excluding carboxylic acids is 1. The number of hydrogen-bond acceptors (Lipinski definition) is 4. The van der Waals surface area contributed by atoms with Crippen molar-refractivity contribution in [2.24, 2.45) is 0 Å². The Morgan fingerprint density at radius 3 is 2.52 bits per heavy atom. The molecule has 0 fully saturated rings. The first-order valence-electron chi connectivity index (χ1n) is 6.37. The molecule has 0 saturated heterocycles. The van der Waals surface area contributed by atoms with Crippen molar-refractivity contribution >= 4 is 23.2 Å². The SMILES string of the molecule is Cc1nc(-c2ccsc2)ccc1C(=O)NC(C)(C)C(=O)O. The van der Waals surface area contributed by atoms with Crippen molar-refractivity contribution in [3.63, 3.8) is 0 Å². The van der Waals surface area contributed by atoms with Crippen LogP contribution in [0.5, 0.6) is 0 Å². The third-order valence-corrected chi connectivity index (χ3v) is 3.79. The van der Waals surface area contributed by atoms with Gasteiger partial charge >= 0.3 is 5.97 Å². The zero-order chi connectivity index (χ0) is 15.6. The molecule has 5 nitrogen and oxygen atoms in total. The molecule has 110 valence electrons. The first kappa shape index (κ1) is 15.2. The predicted octanol–water partition coefficient (Wildman–Crippen LogP) is 2.71. The summed E-state index contributed by atoms with van der Waals surface area (Å²) in [6, 6.07) is 5.39. The van der Waals surface area contributed by atoms with Gasteiger partial charge in [-0.3, -0.25) is 9.78 Å². The second-order valence-electron chi connectivity index (χ2n) is 5.23. The highest BCUT2D eigenvalue weighted by Gasteiger charge is 2.29. The molecule has 2 aromatic heterocycles. The van der Waals surface area contributed by atoms with Crippen LogP contribution in [0.25, 0.3) is 11.3 Å². The minimum Gasteiger partial charge on any atom is -0.480 e. The van der Waals surface area contributed by atoms with Gasteiger partial charge in [-0.05, 0) is 44.4 Å². The number of aryl methyl sites for hydroxylation is 1. The number of carbonyl (C=O) groups is 2. The van der Waals surface area contributed by atoms with E-state index in [-0.39, 0.29) is 0 Å². The summed E-state index contributed by atoms with van der Waals surface area (Å²) in [5.74, 6) is -1.53. The van der Waals surface area contributed by atoms with Gasteiger partial charge < -0.3 is 10.4 Å². The molecule has 0 bridgehead atoms. The van der Waals surface area contributed by atoms with Gasteiger partial charge in [0.2, 0.25) is 0 Å². The monoisotopic (exact) mass is 304 g/mol. The van der Waals surface area contributed by atoms with Gasteiger partial charge in [-0.25, -0.2) is 4.79 Å². The fourth-order valence-corrected chi connectivity index (χ4v) is 2.43. The Labute approximate surface area is 126 Å². The van der Waals surface area contributed by atoms with Crippen LogP contribution in [-0.4, -0.2) is 27.5 Å². The first-order valence-corrected chi connectivity index (χ1v) is 7.31. The lowest BCUT2D eigenvalue weighted by molar-refractivity contribution is -0.143. The maximum Gasteiger partial charge on any atom is 0.328 e. The van der Waals surface area contributed by atoms with Crippen LogP contribution in [0.4, 0.5) is 0 Å². The summed E-state index contributed by atoms with van der Waals surface area (Å²) in [6.07, 6.45) is 0. The van der Waals surface area contributed by atoms with Crippen molar-refractivity contribution < 1.29 is 14.7 Å². The topological polar surface area (TPSA) is 79.3 Å². The molecule has 0 aliphatic heterocycles. The maximum atomic E-state index is 12.2. The molecular weight excluding hydrogens is 288 g/mol. The fraction of sp³-hybridized carbons (Fsp3) is 0.267. The van der Waals surface area contributed by atoms with E-state index in [0.29, 0.717) is 11.3 Å². The summed E-state index contributed by atoms with van der Waals surface area (Å²) in [6.45, 7) is 4.62. The number of amides is 1. The van der Waals surface area contributed by atoms with Crippen molar-refractivity contribution in [3.8, 4) is 11.3 Å². The van der Waals surface area contributed by atoms with Crippen molar-refractivity contribution in [3.05, 3.63) is 40.2 Å². The molecule has 2 rings (SSSR count). The number of aliphatic carboxylic acids is 1. The third-order valence-electron chi connectivity index (χ3n) is 3.11.